The number of halogens is 4. The van der Waals surface area contributed by atoms with Gasteiger partial charge in [0.1, 0.15) is 0 Å². The predicted molar refractivity (Wildman–Crippen MR) is 66.9 cm³/mol. The molecule has 0 nitrogen and oxygen atoms in total. The van der Waals surface area contributed by atoms with Gasteiger partial charge in [-0.05, 0) is 5.56 Å². The van der Waals surface area contributed by atoms with E-state index in [-0.39, 0.29) is 5.16 Å². The van der Waals surface area contributed by atoms with Gasteiger partial charge in [0.2, 0.25) is 14.8 Å². The molecule has 0 heterocycles. The first kappa shape index (κ1) is 11.9. The van der Waals surface area contributed by atoms with E-state index in [1.165, 1.54) is 0 Å². The van der Waals surface area contributed by atoms with Crippen molar-refractivity contribution in [2.24, 2.45) is 0 Å². The van der Waals surface area contributed by atoms with Crippen LogP contribution in [0.3, 0.4) is 0 Å². The zero-order valence-electron chi connectivity index (χ0n) is 6.63. The van der Waals surface area contributed by atoms with Crippen LogP contribution in [0, 0.1) is 0 Å². The van der Waals surface area contributed by atoms with Crippen molar-refractivity contribution in [1.29, 1.82) is 0 Å². The molecular weight excluding hydrogens is 282 g/mol. The summed E-state index contributed by atoms with van der Waals surface area (Å²) in [7, 11) is -3.66. The molecule has 0 radical (unpaired) electrons. The molecule has 0 N–H and O–H groups in total. The number of benzene rings is 1. The van der Waals surface area contributed by atoms with Gasteiger partial charge in [-0.25, -0.2) is 0 Å². The third-order valence-corrected chi connectivity index (χ3v) is 12.1. The first-order valence-electron chi connectivity index (χ1n) is 3.74. The molecule has 0 aliphatic carbocycles. The third-order valence-electron chi connectivity index (χ3n) is 1.73. The SMILES string of the molecule is Cl[SiH](Cl)C(c1ccccc1)[SiH](Cl)Cl. The van der Waals surface area contributed by atoms with E-state index in [2.05, 4.69) is 0 Å². The van der Waals surface area contributed by atoms with Crippen LogP contribution in [-0.2, 0) is 0 Å². The van der Waals surface area contributed by atoms with Crippen LogP contribution in [-0.4, -0.2) is 14.8 Å². The monoisotopic (exact) mass is 288 g/mol. The average molecular weight is 290 g/mol. The molecule has 0 fully saturated rings. The van der Waals surface area contributed by atoms with Gasteiger partial charge in [-0.2, -0.15) is 0 Å². The summed E-state index contributed by atoms with van der Waals surface area (Å²) in [4.78, 5) is 0. The second kappa shape index (κ2) is 5.64. The first-order valence-corrected chi connectivity index (χ1v) is 12.1. The zero-order chi connectivity index (χ0) is 9.84. The third kappa shape index (κ3) is 3.46. The Morgan fingerprint density at radius 2 is 1.31 bits per heavy atom. The largest absolute Gasteiger partial charge is 0.243 e. The second-order valence-electron chi connectivity index (χ2n) is 2.61. The Morgan fingerprint density at radius 1 is 0.846 bits per heavy atom. The maximum absolute atomic E-state index is 5.94. The number of hydrogen-bond acceptors (Lipinski definition) is 0. The van der Waals surface area contributed by atoms with Crippen LogP contribution in [0.4, 0.5) is 0 Å². The molecule has 0 aliphatic heterocycles. The minimum atomic E-state index is -1.83. The molecule has 0 atom stereocenters. The van der Waals surface area contributed by atoms with E-state index < -0.39 is 14.8 Å². The molecule has 0 aliphatic rings. The smallest absolute Gasteiger partial charge is 0.150 e. The molecule has 6 heteroatoms. The maximum Gasteiger partial charge on any atom is 0.243 e. The van der Waals surface area contributed by atoms with Gasteiger partial charge in [0.15, 0.2) is 0 Å². The van der Waals surface area contributed by atoms with E-state index in [1.807, 2.05) is 30.3 Å². The van der Waals surface area contributed by atoms with Crippen molar-refractivity contribution in [3.8, 4) is 0 Å². The normalized spacial score (nSPS) is 11.6. The van der Waals surface area contributed by atoms with Crippen LogP contribution in [0.25, 0.3) is 0 Å². The highest BCUT2D eigenvalue weighted by molar-refractivity contribution is 7.45. The molecule has 1 aromatic carbocycles. The highest BCUT2D eigenvalue weighted by atomic mass is 35.7. The minimum absolute atomic E-state index is 0.0351. The summed E-state index contributed by atoms with van der Waals surface area (Å²) in [6, 6.07) is 9.77. The van der Waals surface area contributed by atoms with Crippen molar-refractivity contribution < 1.29 is 0 Å². The Bertz CT molecular complexity index is 244. The molecule has 1 rings (SSSR count). The lowest BCUT2D eigenvalue weighted by atomic mass is 10.2. The van der Waals surface area contributed by atoms with Crippen molar-refractivity contribution in [2.45, 2.75) is 5.16 Å². The first-order chi connectivity index (χ1) is 6.13. The molecule has 1 aromatic rings. The van der Waals surface area contributed by atoms with E-state index in [0.29, 0.717) is 0 Å². The van der Waals surface area contributed by atoms with Crippen LogP contribution in [0.1, 0.15) is 10.7 Å². The molecule has 0 saturated heterocycles. The van der Waals surface area contributed by atoms with Gasteiger partial charge >= 0.3 is 0 Å². The average Bonchev–Trinajstić information content (AvgIpc) is 2.04. The maximum atomic E-state index is 5.94. The molecule has 0 saturated carbocycles. The van der Waals surface area contributed by atoms with Gasteiger partial charge in [0.05, 0.1) is 0 Å². The summed E-state index contributed by atoms with van der Waals surface area (Å²) < 4.78 is 0. The quantitative estimate of drug-likeness (QED) is 0.592. The van der Waals surface area contributed by atoms with Crippen molar-refractivity contribution in [1.82, 2.24) is 0 Å². The molecule has 0 spiro atoms. The van der Waals surface area contributed by atoms with Crippen LogP contribution in [0.15, 0.2) is 30.3 Å². The summed E-state index contributed by atoms with van der Waals surface area (Å²) in [5.74, 6) is 0. The standard InChI is InChI=1S/C7H8Cl4Si2/c8-12(9)7(13(10)11)6-4-2-1-3-5-6/h1-5,7,12-13H. The van der Waals surface area contributed by atoms with E-state index in [4.69, 9.17) is 44.3 Å². The highest BCUT2D eigenvalue weighted by Gasteiger charge is 2.29. The van der Waals surface area contributed by atoms with Gasteiger partial charge in [0.25, 0.3) is 0 Å². The van der Waals surface area contributed by atoms with Gasteiger partial charge < -0.3 is 0 Å². The zero-order valence-corrected chi connectivity index (χ0v) is 12.0. The summed E-state index contributed by atoms with van der Waals surface area (Å²) in [5, 5.41) is 0.0351. The molecule has 0 unspecified atom stereocenters. The Kier molecular flexibility index (Phi) is 5.15. The molecule has 72 valence electrons. The van der Waals surface area contributed by atoms with Gasteiger partial charge in [0, 0.05) is 5.16 Å². The molecule has 13 heavy (non-hydrogen) atoms. The summed E-state index contributed by atoms with van der Waals surface area (Å²) in [6.07, 6.45) is 0. The fraction of sp³-hybridized carbons (Fsp3) is 0.143. The van der Waals surface area contributed by atoms with E-state index in [1.54, 1.807) is 0 Å². The minimum Gasteiger partial charge on any atom is -0.150 e. The Morgan fingerprint density at radius 3 is 1.69 bits per heavy atom. The van der Waals surface area contributed by atoms with Crippen LogP contribution in [0.2, 0.25) is 0 Å². The van der Waals surface area contributed by atoms with E-state index in [9.17, 15) is 0 Å². The van der Waals surface area contributed by atoms with Crippen molar-refractivity contribution in [3.05, 3.63) is 35.9 Å². The summed E-state index contributed by atoms with van der Waals surface area (Å²) >= 11 is 23.8. The molecule has 0 amide bonds. The van der Waals surface area contributed by atoms with Crippen LogP contribution < -0.4 is 0 Å². The van der Waals surface area contributed by atoms with Gasteiger partial charge in [-0.15, -0.1) is 44.3 Å². The summed E-state index contributed by atoms with van der Waals surface area (Å²) in [5.41, 5.74) is 1.07. The fourth-order valence-corrected chi connectivity index (χ4v) is 12.6. The Hall–Kier alpha value is 0.814. The van der Waals surface area contributed by atoms with Crippen LogP contribution >= 0.6 is 44.3 Å². The molecule has 0 aromatic heterocycles. The lowest BCUT2D eigenvalue weighted by Crippen LogP contribution is -2.22. The van der Waals surface area contributed by atoms with Gasteiger partial charge in [-0.1, -0.05) is 30.3 Å². The van der Waals surface area contributed by atoms with E-state index in [0.717, 1.165) is 5.56 Å². The summed E-state index contributed by atoms with van der Waals surface area (Å²) in [6.45, 7) is 0. The molecular formula is C7H8Cl4Si2. The lowest BCUT2D eigenvalue weighted by molar-refractivity contribution is 1.32. The van der Waals surface area contributed by atoms with E-state index >= 15 is 0 Å². The number of rotatable bonds is 3. The van der Waals surface area contributed by atoms with Gasteiger partial charge in [-0.3, -0.25) is 0 Å². The van der Waals surface area contributed by atoms with Crippen molar-refractivity contribution in [3.63, 3.8) is 0 Å². The lowest BCUT2D eigenvalue weighted by Gasteiger charge is -2.16. The topological polar surface area (TPSA) is 0 Å². The molecule has 0 bridgehead atoms. The number of hydrogen-bond donors (Lipinski definition) is 0. The fourth-order valence-electron chi connectivity index (χ4n) is 1.08. The Labute approximate surface area is 99.8 Å². The van der Waals surface area contributed by atoms with Crippen LogP contribution in [0.5, 0.6) is 0 Å². The highest BCUT2D eigenvalue weighted by Crippen LogP contribution is 2.29. The Balaban J connectivity index is 2.89. The van der Waals surface area contributed by atoms with Crippen molar-refractivity contribution in [2.75, 3.05) is 0 Å². The van der Waals surface area contributed by atoms with Crippen molar-refractivity contribution >= 4 is 59.1 Å². The second-order valence-corrected chi connectivity index (χ2v) is 13.1. The predicted octanol–water partition coefficient (Wildman–Crippen LogP) is 3.24.